The summed E-state index contributed by atoms with van der Waals surface area (Å²) in [6, 6.07) is 0. The molecule has 0 aromatic rings. The van der Waals surface area contributed by atoms with Gasteiger partial charge in [-0.25, -0.2) is 0 Å². The fourth-order valence-electron chi connectivity index (χ4n) is 0.712. The van der Waals surface area contributed by atoms with Crippen LogP contribution in [0.4, 0.5) is 0 Å². The van der Waals surface area contributed by atoms with Crippen molar-refractivity contribution in [2.75, 3.05) is 0 Å². The molecule has 0 unspecified atom stereocenters. The van der Waals surface area contributed by atoms with Crippen LogP contribution in [0, 0.1) is 10.8 Å². The third kappa shape index (κ3) is 0.953. The molecule has 10 heavy (non-hydrogen) atoms. The van der Waals surface area contributed by atoms with E-state index in [0.29, 0.717) is 6.42 Å². The van der Waals surface area contributed by atoms with E-state index in [2.05, 4.69) is 5.16 Å². The Hall–Kier alpha value is -1.45. The van der Waals surface area contributed by atoms with Gasteiger partial charge in [-0.05, 0) is 6.08 Å². The van der Waals surface area contributed by atoms with Gasteiger partial charge in [0.15, 0.2) is 0 Å². The zero-order valence-electron chi connectivity index (χ0n) is 5.26. The van der Waals surface area contributed by atoms with Gasteiger partial charge in [0.2, 0.25) is 0 Å². The molecule has 0 aliphatic heterocycles. The zero-order chi connectivity index (χ0) is 7.56. The highest BCUT2D eigenvalue weighted by Crippen LogP contribution is 2.00. The van der Waals surface area contributed by atoms with Crippen molar-refractivity contribution in [1.29, 1.82) is 10.8 Å². The number of hydrogen-bond donors (Lipinski definition) is 3. The van der Waals surface area contributed by atoms with Crippen molar-refractivity contribution in [3.8, 4) is 0 Å². The lowest BCUT2D eigenvalue weighted by atomic mass is 10.0. The minimum absolute atomic E-state index is 0.00463. The van der Waals surface area contributed by atoms with E-state index < -0.39 is 0 Å². The van der Waals surface area contributed by atoms with E-state index in [0.717, 1.165) is 0 Å². The Morgan fingerprint density at radius 3 is 2.70 bits per heavy atom. The van der Waals surface area contributed by atoms with Gasteiger partial charge in [0.05, 0.1) is 5.71 Å². The molecular weight excluding hydrogens is 130 g/mol. The number of hydrogen-bond acceptors (Lipinski definition) is 4. The van der Waals surface area contributed by atoms with E-state index in [1.807, 2.05) is 0 Å². The van der Waals surface area contributed by atoms with Gasteiger partial charge in [-0.2, -0.15) is 0 Å². The number of allylic oxidation sites excluding steroid dienone is 2. The van der Waals surface area contributed by atoms with E-state index >= 15 is 0 Å². The lowest BCUT2D eigenvalue weighted by Crippen LogP contribution is -2.23. The topological polar surface area (TPSA) is 80.3 Å². The summed E-state index contributed by atoms with van der Waals surface area (Å²) in [4.78, 5) is 0. The Labute approximate surface area is 57.9 Å². The summed E-state index contributed by atoms with van der Waals surface area (Å²) in [5.41, 5.74) is 0.358. The Balaban J connectivity index is 2.98. The first kappa shape index (κ1) is 6.67. The van der Waals surface area contributed by atoms with E-state index in [-0.39, 0.29) is 17.1 Å². The molecule has 0 bridgehead atoms. The first-order chi connectivity index (χ1) is 4.75. The number of rotatable bonds is 0. The summed E-state index contributed by atoms with van der Waals surface area (Å²) in [5.74, 6) is 0. The number of nitrogens with zero attached hydrogens (tertiary/aromatic N) is 1. The van der Waals surface area contributed by atoms with Gasteiger partial charge in [0.1, 0.15) is 11.4 Å². The molecule has 0 amide bonds. The SMILES string of the molecule is N=C1CC=CC(=NO)C1=N. The van der Waals surface area contributed by atoms with Crippen LogP contribution in [0.25, 0.3) is 0 Å². The molecule has 3 N–H and O–H groups in total. The van der Waals surface area contributed by atoms with Crippen LogP contribution in [0.1, 0.15) is 6.42 Å². The maximum Gasteiger partial charge on any atom is 0.129 e. The lowest BCUT2D eigenvalue weighted by Gasteiger charge is -2.06. The summed E-state index contributed by atoms with van der Waals surface area (Å²) >= 11 is 0. The summed E-state index contributed by atoms with van der Waals surface area (Å²) < 4.78 is 0. The van der Waals surface area contributed by atoms with Crippen molar-refractivity contribution in [2.24, 2.45) is 5.16 Å². The Bertz CT molecular complexity index is 239. The molecule has 0 saturated heterocycles. The third-order valence-electron chi connectivity index (χ3n) is 1.26. The Morgan fingerprint density at radius 2 is 2.20 bits per heavy atom. The molecule has 4 nitrogen and oxygen atoms in total. The molecule has 0 aromatic heterocycles. The largest absolute Gasteiger partial charge is 0.410 e. The molecule has 0 aromatic carbocycles. The highest BCUT2D eigenvalue weighted by atomic mass is 16.4. The predicted octanol–water partition coefficient (Wildman–Crippen LogP) is 0.816. The molecule has 0 radical (unpaired) electrons. The molecular formula is C6H7N3O. The van der Waals surface area contributed by atoms with Crippen LogP contribution in [0.2, 0.25) is 0 Å². The minimum Gasteiger partial charge on any atom is -0.410 e. The summed E-state index contributed by atoms with van der Waals surface area (Å²) in [6.45, 7) is 0. The van der Waals surface area contributed by atoms with Gasteiger partial charge in [-0.1, -0.05) is 11.2 Å². The van der Waals surface area contributed by atoms with Crippen molar-refractivity contribution in [2.45, 2.75) is 6.42 Å². The summed E-state index contributed by atoms with van der Waals surface area (Å²) in [5, 5.41) is 25.5. The molecule has 0 heterocycles. The number of nitrogens with one attached hydrogen (secondary N) is 2. The van der Waals surface area contributed by atoms with E-state index in [1.54, 1.807) is 6.08 Å². The Kier molecular flexibility index (Phi) is 1.62. The van der Waals surface area contributed by atoms with Crippen molar-refractivity contribution < 1.29 is 5.21 Å². The quantitative estimate of drug-likeness (QED) is 0.335. The molecule has 0 saturated carbocycles. The zero-order valence-corrected chi connectivity index (χ0v) is 5.26. The highest BCUT2D eigenvalue weighted by Gasteiger charge is 2.13. The summed E-state index contributed by atoms with van der Waals surface area (Å²) in [7, 11) is 0. The monoisotopic (exact) mass is 137 g/mol. The molecule has 52 valence electrons. The second-order valence-electron chi connectivity index (χ2n) is 1.95. The van der Waals surface area contributed by atoms with Crippen LogP contribution >= 0.6 is 0 Å². The van der Waals surface area contributed by atoms with Gasteiger partial charge in [0.25, 0.3) is 0 Å². The standard InChI is InChI=1S/C6H7N3O/c7-4-2-1-3-5(9-10)6(4)8/h1,3,7-8,10H,2H2. The van der Waals surface area contributed by atoms with Crippen LogP contribution in [-0.4, -0.2) is 22.3 Å². The van der Waals surface area contributed by atoms with E-state index in [4.69, 9.17) is 16.0 Å². The molecule has 0 spiro atoms. The van der Waals surface area contributed by atoms with E-state index in [9.17, 15) is 0 Å². The van der Waals surface area contributed by atoms with Gasteiger partial charge < -0.3 is 10.6 Å². The average molecular weight is 137 g/mol. The minimum atomic E-state index is 0.00463. The Morgan fingerprint density at radius 1 is 1.50 bits per heavy atom. The molecule has 0 atom stereocenters. The predicted molar refractivity (Wildman–Crippen MR) is 38.4 cm³/mol. The summed E-state index contributed by atoms with van der Waals surface area (Å²) in [6.07, 6.45) is 3.67. The van der Waals surface area contributed by atoms with Crippen molar-refractivity contribution in [3.63, 3.8) is 0 Å². The lowest BCUT2D eigenvalue weighted by molar-refractivity contribution is 0.320. The van der Waals surface area contributed by atoms with Gasteiger partial charge >= 0.3 is 0 Å². The smallest absolute Gasteiger partial charge is 0.129 e. The van der Waals surface area contributed by atoms with Crippen LogP contribution < -0.4 is 0 Å². The van der Waals surface area contributed by atoms with Crippen LogP contribution in [-0.2, 0) is 0 Å². The fraction of sp³-hybridized carbons (Fsp3) is 0.167. The second kappa shape index (κ2) is 2.43. The van der Waals surface area contributed by atoms with Crippen LogP contribution in [0.3, 0.4) is 0 Å². The highest BCUT2D eigenvalue weighted by molar-refractivity contribution is 6.70. The van der Waals surface area contributed by atoms with Crippen LogP contribution in [0.5, 0.6) is 0 Å². The fourth-order valence-corrected chi connectivity index (χ4v) is 0.712. The molecule has 1 aliphatic rings. The van der Waals surface area contributed by atoms with Crippen molar-refractivity contribution >= 4 is 17.1 Å². The first-order valence-electron chi connectivity index (χ1n) is 2.81. The second-order valence-corrected chi connectivity index (χ2v) is 1.95. The van der Waals surface area contributed by atoms with Crippen molar-refractivity contribution in [1.82, 2.24) is 0 Å². The molecule has 0 fully saturated rings. The number of oxime groups is 1. The van der Waals surface area contributed by atoms with Gasteiger partial charge in [-0.3, -0.25) is 5.41 Å². The first-order valence-corrected chi connectivity index (χ1v) is 2.81. The third-order valence-corrected chi connectivity index (χ3v) is 1.26. The maximum atomic E-state index is 8.28. The normalized spacial score (nSPS) is 22.2. The average Bonchev–Trinajstić information content (AvgIpc) is 1.95. The van der Waals surface area contributed by atoms with E-state index in [1.165, 1.54) is 6.08 Å². The van der Waals surface area contributed by atoms with Gasteiger partial charge in [0, 0.05) is 6.42 Å². The van der Waals surface area contributed by atoms with Crippen molar-refractivity contribution in [3.05, 3.63) is 12.2 Å². The van der Waals surface area contributed by atoms with Crippen LogP contribution in [0.15, 0.2) is 17.3 Å². The molecule has 1 rings (SSSR count). The molecule has 4 heteroatoms. The van der Waals surface area contributed by atoms with Gasteiger partial charge in [-0.15, -0.1) is 0 Å². The maximum absolute atomic E-state index is 8.28. The molecule has 1 aliphatic carbocycles.